The number of carbonyl (C=O) groups is 4. The molecule has 43 heavy (non-hydrogen) atoms. The van der Waals surface area contributed by atoms with Crippen LogP contribution < -0.4 is 21.7 Å². The zero-order valence-electron chi connectivity index (χ0n) is 27.7. The van der Waals surface area contributed by atoms with E-state index >= 15 is 0 Å². The van der Waals surface area contributed by atoms with Crippen molar-refractivity contribution in [2.24, 2.45) is 5.73 Å². The second kappa shape index (κ2) is 29.9. The SMILES string of the molecule is CCCCCCCCCCCCNC(=O)CCC(NC(=O)C(N)CCC(=O)O)C(=O)NCCCCCCCCCCCC. The van der Waals surface area contributed by atoms with E-state index in [1.165, 1.54) is 96.3 Å². The number of nitrogens with one attached hydrogen (secondary N) is 3. The summed E-state index contributed by atoms with van der Waals surface area (Å²) in [5, 5.41) is 17.3. The zero-order valence-corrected chi connectivity index (χ0v) is 27.7. The number of nitrogens with two attached hydrogens (primary N) is 1. The molecule has 0 rings (SSSR count). The van der Waals surface area contributed by atoms with Crippen molar-refractivity contribution in [1.82, 2.24) is 16.0 Å². The minimum absolute atomic E-state index is 0.0204. The molecule has 0 aromatic heterocycles. The van der Waals surface area contributed by atoms with E-state index in [1.54, 1.807) is 0 Å². The maximum Gasteiger partial charge on any atom is 0.303 e. The van der Waals surface area contributed by atoms with Gasteiger partial charge >= 0.3 is 5.97 Å². The Labute approximate surface area is 262 Å². The molecule has 0 aromatic carbocycles. The molecule has 0 heterocycles. The molecule has 6 N–H and O–H groups in total. The van der Waals surface area contributed by atoms with Crippen LogP contribution >= 0.6 is 0 Å². The molecular formula is C34H66N4O5. The molecule has 0 aliphatic rings. The first kappa shape index (κ1) is 40.8. The van der Waals surface area contributed by atoms with E-state index in [0.717, 1.165) is 32.1 Å². The smallest absolute Gasteiger partial charge is 0.303 e. The van der Waals surface area contributed by atoms with Crippen LogP contribution in [0.15, 0.2) is 0 Å². The quantitative estimate of drug-likeness (QED) is 0.0564. The van der Waals surface area contributed by atoms with Crippen LogP contribution in [0.25, 0.3) is 0 Å². The van der Waals surface area contributed by atoms with Gasteiger partial charge in [0.2, 0.25) is 17.7 Å². The normalized spacial score (nSPS) is 12.4. The minimum atomic E-state index is -1.03. The summed E-state index contributed by atoms with van der Waals surface area (Å²) in [6.45, 7) is 5.58. The summed E-state index contributed by atoms with van der Waals surface area (Å²) in [6, 6.07) is -1.92. The molecule has 0 radical (unpaired) electrons. The van der Waals surface area contributed by atoms with Crippen LogP contribution in [0.3, 0.4) is 0 Å². The maximum absolute atomic E-state index is 12.9. The van der Waals surface area contributed by atoms with Gasteiger partial charge < -0.3 is 26.8 Å². The van der Waals surface area contributed by atoms with E-state index in [9.17, 15) is 19.2 Å². The third-order valence-corrected chi connectivity index (χ3v) is 7.98. The fourth-order valence-electron chi connectivity index (χ4n) is 5.11. The summed E-state index contributed by atoms with van der Waals surface area (Å²) in [5.74, 6) is -2.09. The number of aliphatic carboxylic acids is 1. The van der Waals surface area contributed by atoms with Crippen LogP contribution in [0.2, 0.25) is 0 Å². The monoisotopic (exact) mass is 611 g/mol. The molecule has 0 aromatic rings. The number of unbranched alkanes of at least 4 members (excludes halogenated alkanes) is 18. The number of hydrogen-bond donors (Lipinski definition) is 5. The summed E-state index contributed by atoms with van der Waals surface area (Å²) in [6.07, 6.45) is 24.3. The molecule has 0 aliphatic carbocycles. The van der Waals surface area contributed by atoms with Crippen molar-refractivity contribution >= 4 is 23.7 Å². The van der Waals surface area contributed by atoms with Gasteiger partial charge in [0.05, 0.1) is 6.04 Å². The molecule has 9 nitrogen and oxygen atoms in total. The van der Waals surface area contributed by atoms with Crippen molar-refractivity contribution in [3.8, 4) is 0 Å². The lowest BCUT2D eigenvalue weighted by Crippen LogP contribution is -2.52. The molecule has 2 atom stereocenters. The number of amides is 3. The fraction of sp³-hybridized carbons (Fsp3) is 0.882. The summed E-state index contributed by atoms with van der Waals surface area (Å²) < 4.78 is 0. The predicted octanol–water partition coefficient (Wildman–Crippen LogP) is 6.52. The van der Waals surface area contributed by atoms with E-state index in [-0.39, 0.29) is 37.5 Å². The van der Waals surface area contributed by atoms with E-state index in [0.29, 0.717) is 13.1 Å². The largest absolute Gasteiger partial charge is 0.481 e. The molecule has 0 aliphatic heterocycles. The Morgan fingerprint density at radius 2 is 0.977 bits per heavy atom. The Kier molecular flexibility index (Phi) is 28.4. The molecule has 3 amide bonds. The first-order valence-corrected chi connectivity index (χ1v) is 17.6. The molecule has 0 bridgehead atoms. The second-order valence-corrected chi connectivity index (χ2v) is 12.1. The van der Waals surface area contributed by atoms with Gasteiger partial charge in [0.25, 0.3) is 0 Å². The van der Waals surface area contributed by atoms with Crippen LogP contribution in [0.5, 0.6) is 0 Å². The van der Waals surface area contributed by atoms with Gasteiger partial charge in [-0.05, 0) is 25.7 Å². The third kappa shape index (κ3) is 27.1. The van der Waals surface area contributed by atoms with Crippen LogP contribution in [-0.2, 0) is 19.2 Å². The van der Waals surface area contributed by atoms with Crippen LogP contribution in [0.4, 0.5) is 0 Å². The molecule has 0 saturated heterocycles. The summed E-state index contributed by atoms with van der Waals surface area (Å²) >= 11 is 0. The van der Waals surface area contributed by atoms with Gasteiger partial charge in [-0.3, -0.25) is 19.2 Å². The number of hydrogen-bond acceptors (Lipinski definition) is 5. The van der Waals surface area contributed by atoms with E-state index in [2.05, 4.69) is 29.8 Å². The van der Waals surface area contributed by atoms with E-state index in [4.69, 9.17) is 10.8 Å². The molecule has 0 saturated carbocycles. The van der Waals surface area contributed by atoms with Gasteiger partial charge in [-0.25, -0.2) is 0 Å². The first-order valence-electron chi connectivity index (χ1n) is 17.6. The lowest BCUT2D eigenvalue weighted by Gasteiger charge is -2.20. The molecule has 2 unspecified atom stereocenters. The first-order chi connectivity index (χ1) is 20.8. The average Bonchev–Trinajstić information content (AvgIpc) is 2.99. The Morgan fingerprint density at radius 1 is 0.558 bits per heavy atom. The van der Waals surface area contributed by atoms with Gasteiger partial charge in [-0.15, -0.1) is 0 Å². The average molecular weight is 611 g/mol. The van der Waals surface area contributed by atoms with Crippen molar-refractivity contribution in [2.45, 2.75) is 180 Å². The van der Waals surface area contributed by atoms with Crippen molar-refractivity contribution in [2.75, 3.05) is 13.1 Å². The highest BCUT2D eigenvalue weighted by atomic mass is 16.4. The van der Waals surface area contributed by atoms with Gasteiger partial charge in [0, 0.05) is 25.9 Å². The number of carbonyl (C=O) groups excluding carboxylic acids is 3. The molecule has 0 spiro atoms. The second-order valence-electron chi connectivity index (χ2n) is 12.1. The molecular weight excluding hydrogens is 544 g/mol. The third-order valence-electron chi connectivity index (χ3n) is 7.98. The Balaban J connectivity index is 4.38. The molecule has 9 heteroatoms. The van der Waals surface area contributed by atoms with Crippen molar-refractivity contribution in [3.05, 3.63) is 0 Å². The van der Waals surface area contributed by atoms with Gasteiger partial charge in [0.15, 0.2) is 0 Å². The van der Waals surface area contributed by atoms with Crippen LogP contribution in [0, 0.1) is 0 Å². The highest BCUT2D eigenvalue weighted by molar-refractivity contribution is 5.90. The van der Waals surface area contributed by atoms with Crippen LogP contribution in [-0.4, -0.2) is 54.0 Å². The van der Waals surface area contributed by atoms with E-state index in [1.807, 2.05) is 0 Å². The van der Waals surface area contributed by atoms with Crippen molar-refractivity contribution in [3.63, 3.8) is 0 Å². The maximum atomic E-state index is 12.9. The van der Waals surface area contributed by atoms with Gasteiger partial charge in [0.1, 0.15) is 6.04 Å². The molecule has 252 valence electrons. The Morgan fingerprint density at radius 3 is 1.42 bits per heavy atom. The number of carboxylic acids is 1. The summed E-state index contributed by atoms with van der Waals surface area (Å²) in [5.41, 5.74) is 5.85. The zero-order chi connectivity index (χ0) is 32.0. The topological polar surface area (TPSA) is 151 Å². The van der Waals surface area contributed by atoms with Crippen LogP contribution in [0.1, 0.15) is 168 Å². The minimum Gasteiger partial charge on any atom is -0.481 e. The van der Waals surface area contributed by atoms with Crippen molar-refractivity contribution < 1.29 is 24.3 Å². The molecule has 0 fully saturated rings. The summed E-state index contributed by atoms with van der Waals surface area (Å²) in [7, 11) is 0. The lowest BCUT2D eigenvalue weighted by molar-refractivity contribution is -0.137. The van der Waals surface area contributed by atoms with E-state index < -0.39 is 24.0 Å². The number of rotatable bonds is 31. The summed E-state index contributed by atoms with van der Waals surface area (Å²) in [4.78, 5) is 48.7. The lowest BCUT2D eigenvalue weighted by atomic mass is 10.1. The standard InChI is InChI=1S/C34H66N4O5/c1-3-5-7-9-11-13-15-17-19-21-27-36-31(39)25-24-30(38-33(42)29(35)23-26-32(40)41)34(43)37-28-22-20-18-16-14-12-10-8-6-4-2/h29-30H,3-28,35H2,1-2H3,(H,36,39)(H,37,43)(H,38,42)(H,40,41). The van der Waals surface area contributed by atoms with Crippen molar-refractivity contribution in [1.29, 1.82) is 0 Å². The Bertz CT molecular complexity index is 719. The van der Waals surface area contributed by atoms with Gasteiger partial charge in [-0.1, -0.05) is 129 Å². The Hall–Kier alpha value is -2.16. The fourth-order valence-corrected chi connectivity index (χ4v) is 5.11. The highest BCUT2D eigenvalue weighted by Gasteiger charge is 2.24. The van der Waals surface area contributed by atoms with Gasteiger partial charge in [-0.2, -0.15) is 0 Å². The predicted molar refractivity (Wildman–Crippen MR) is 176 cm³/mol. The number of carboxylic acid groups (broad SMARTS) is 1. The highest BCUT2D eigenvalue weighted by Crippen LogP contribution is 2.11.